The van der Waals surface area contributed by atoms with E-state index in [1.807, 2.05) is 0 Å². The molecule has 1 rings (SSSR count). The van der Waals surface area contributed by atoms with E-state index in [1.165, 1.54) is 115 Å². The van der Waals surface area contributed by atoms with Crippen molar-refractivity contribution < 1.29 is 0 Å². The first-order valence-electron chi connectivity index (χ1n) is 11.0. The van der Waals surface area contributed by atoms with E-state index in [0.717, 1.165) is 0 Å². The van der Waals surface area contributed by atoms with E-state index in [-0.39, 0.29) is 10.9 Å². The second kappa shape index (κ2) is 17.6. The third-order valence-corrected chi connectivity index (χ3v) is 7.13. The van der Waals surface area contributed by atoms with E-state index in [4.69, 9.17) is 0 Å². The van der Waals surface area contributed by atoms with Crippen molar-refractivity contribution in [3.8, 4) is 0 Å². The van der Waals surface area contributed by atoms with E-state index in [9.17, 15) is 0 Å². The molecule has 0 aliphatic carbocycles. The smallest absolute Gasteiger partial charge is 0.0185 e. The van der Waals surface area contributed by atoms with Crippen molar-refractivity contribution in [1.82, 2.24) is 0 Å². The van der Waals surface area contributed by atoms with Gasteiger partial charge in [0.15, 0.2) is 0 Å². The highest BCUT2D eigenvalue weighted by molar-refractivity contribution is 8.22. The quantitative estimate of drug-likeness (QED) is 0.185. The number of hydrogen-bond acceptors (Lipinski definition) is 0. The van der Waals surface area contributed by atoms with Crippen LogP contribution in [0.15, 0.2) is 23.0 Å². The maximum Gasteiger partial charge on any atom is -0.0185 e. The van der Waals surface area contributed by atoms with Gasteiger partial charge in [-0.1, -0.05) is 122 Å². The molecule has 0 unspecified atom stereocenters. The molecule has 0 bridgehead atoms. The van der Waals surface area contributed by atoms with Crippen LogP contribution in [0.2, 0.25) is 0 Å². The molecule has 0 N–H and O–H groups in total. The Labute approximate surface area is 155 Å². The van der Waals surface area contributed by atoms with Gasteiger partial charge in [0.25, 0.3) is 0 Å². The van der Waals surface area contributed by atoms with Gasteiger partial charge >= 0.3 is 0 Å². The van der Waals surface area contributed by atoms with E-state index >= 15 is 0 Å². The zero-order valence-electron chi connectivity index (χ0n) is 16.5. The minimum atomic E-state index is 0.150. The molecule has 142 valence electrons. The van der Waals surface area contributed by atoms with Crippen LogP contribution in [0.3, 0.4) is 0 Å². The largest absolute Gasteiger partial charge is 0.213 e. The van der Waals surface area contributed by atoms with Gasteiger partial charge in [0.05, 0.1) is 0 Å². The molecule has 0 aromatic heterocycles. The highest BCUT2D eigenvalue weighted by Gasteiger charge is 1.99. The van der Waals surface area contributed by atoms with Gasteiger partial charge in [0.1, 0.15) is 0 Å². The monoisotopic (exact) mass is 352 g/mol. The summed E-state index contributed by atoms with van der Waals surface area (Å²) in [6.45, 7) is 2.30. The van der Waals surface area contributed by atoms with Gasteiger partial charge in [-0.05, 0) is 23.0 Å². The number of hydrogen-bond donors (Lipinski definition) is 1. The molecular formula is C23H44S. The van der Waals surface area contributed by atoms with Crippen LogP contribution in [0.25, 0.3) is 0 Å². The zero-order valence-corrected chi connectivity index (χ0v) is 17.4. The first kappa shape index (κ1) is 21.9. The summed E-state index contributed by atoms with van der Waals surface area (Å²) >= 11 is 0. The summed E-state index contributed by atoms with van der Waals surface area (Å²) in [7, 11) is 0.150. The van der Waals surface area contributed by atoms with Gasteiger partial charge in [0.2, 0.25) is 0 Å². The molecule has 0 atom stereocenters. The lowest BCUT2D eigenvalue weighted by atomic mass is 10.0. The number of thiol groups is 1. The normalized spacial score (nSPS) is 14.8. The molecule has 0 saturated heterocycles. The van der Waals surface area contributed by atoms with Crippen LogP contribution in [0.1, 0.15) is 116 Å². The summed E-state index contributed by atoms with van der Waals surface area (Å²) < 4.78 is 0. The van der Waals surface area contributed by atoms with Crippen molar-refractivity contribution in [2.45, 2.75) is 116 Å². The Morgan fingerprint density at radius 2 is 0.792 bits per heavy atom. The van der Waals surface area contributed by atoms with Crippen LogP contribution in [-0.4, -0.2) is 5.75 Å². The fourth-order valence-corrected chi connectivity index (χ4v) is 5.17. The minimum Gasteiger partial charge on any atom is -0.213 e. The Bertz CT molecular complexity index is 293. The third-order valence-electron chi connectivity index (χ3n) is 5.19. The number of allylic oxidation sites excluding steroid dienone is 2. The summed E-state index contributed by atoms with van der Waals surface area (Å²) in [5.74, 6) is 1.43. The maximum absolute atomic E-state index is 2.40. The number of unbranched alkanes of at least 4 members (excludes halogenated alkanes) is 16. The molecule has 1 heteroatoms. The minimum absolute atomic E-state index is 0.150. The average Bonchev–Trinajstić information content (AvgIpc) is 3.11. The van der Waals surface area contributed by atoms with Gasteiger partial charge < -0.3 is 0 Å². The molecule has 1 heterocycles. The highest BCUT2D eigenvalue weighted by Crippen LogP contribution is 2.33. The summed E-state index contributed by atoms with van der Waals surface area (Å²) in [5.41, 5.74) is 0. The van der Waals surface area contributed by atoms with Crippen molar-refractivity contribution >= 4 is 10.9 Å². The predicted octanol–water partition coefficient (Wildman–Crippen LogP) is 8.68. The van der Waals surface area contributed by atoms with E-state index in [1.54, 1.807) is 0 Å². The molecule has 1 aliphatic rings. The number of rotatable bonds is 18. The average molecular weight is 353 g/mol. The van der Waals surface area contributed by atoms with Crippen LogP contribution in [0, 0.1) is 0 Å². The zero-order chi connectivity index (χ0) is 17.1. The predicted molar refractivity (Wildman–Crippen MR) is 116 cm³/mol. The van der Waals surface area contributed by atoms with Crippen LogP contribution in [0.5, 0.6) is 0 Å². The second-order valence-corrected chi connectivity index (χ2v) is 9.65. The summed E-state index contributed by atoms with van der Waals surface area (Å²) in [6.07, 6.45) is 29.4. The van der Waals surface area contributed by atoms with Crippen LogP contribution >= 0.6 is 10.9 Å². The third kappa shape index (κ3) is 14.2. The van der Waals surface area contributed by atoms with Crippen molar-refractivity contribution in [3.05, 3.63) is 23.0 Å². The Morgan fingerprint density at radius 1 is 0.458 bits per heavy atom. The molecule has 24 heavy (non-hydrogen) atoms. The van der Waals surface area contributed by atoms with Gasteiger partial charge in [-0.3, -0.25) is 0 Å². The lowest BCUT2D eigenvalue weighted by Crippen LogP contribution is -1.85. The summed E-state index contributed by atoms with van der Waals surface area (Å²) in [6, 6.07) is 0. The molecule has 0 fully saturated rings. The molecular weight excluding hydrogens is 308 g/mol. The first-order chi connectivity index (χ1) is 11.9. The van der Waals surface area contributed by atoms with Crippen molar-refractivity contribution in [1.29, 1.82) is 0 Å². The molecule has 0 spiro atoms. The SMILES string of the molecule is CCCCCCCCCCCCCCCCCCC[SH]1C=CC=C1. The lowest BCUT2D eigenvalue weighted by Gasteiger charge is -2.09. The molecule has 0 amide bonds. The summed E-state index contributed by atoms with van der Waals surface area (Å²) in [5, 5.41) is 4.81. The van der Waals surface area contributed by atoms with Crippen molar-refractivity contribution in [2.75, 3.05) is 5.75 Å². The standard InChI is InChI=1S/C23H44S/c1-2-3-4-5-6-7-8-9-10-11-12-13-14-15-16-17-18-21-24-22-19-20-23-24/h19-20,22-24H,2-18,21H2,1H3. The first-order valence-corrected chi connectivity index (χ1v) is 12.7. The van der Waals surface area contributed by atoms with Crippen molar-refractivity contribution in [3.63, 3.8) is 0 Å². The van der Waals surface area contributed by atoms with Crippen molar-refractivity contribution in [2.24, 2.45) is 0 Å². The van der Waals surface area contributed by atoms with E-state index in [0.29, 0.717) is 0 Å². The summed E-state index contributed by atoms with van der Waals surface area (Å²) in [4.78, 5) is 0. The molecule has 0 aromatic carbocycles. The van der Waals surface area contributed by atoms with Gasteiger partial charge in [-0.2, -0.15) is 0 Å². The lowest BCUT2D eigenvalue weighted by molar-refractivity contribution is 0.529. The topological polar surface area (TPSA) is 0 Å². The second-order valence-electron chi connectivity index (χ2n) is 7.58. The van der Waals surface area contributed by atoms with Gasteiger partial charge in [0, 0.05) is 0 Å². The molecule has 0 saturated carbocycles. The molecule has 0 aromatic rings. The van der Waals surface area contributed by atoms with Crippen LogP contribution in [-0.2, 0) is 0 Å². The molecule has 0 nitrogen and oxygen atoms in total. The Balaban J connectivity index is 1.65. The Kier molecular flexibility index (Phi) is 16.1. The van der Waals surface area contributed by atoms with E-state index < -0.39 is 0 Å². The van der Waals surface area contributed by atoms with E-state index in [2.05, 4.69) is 29.9 Å². The van der Waals surface area contributed by atoms with Gasteiger partial charge in [-0.15, -0.1) is 0 Å². The molecule has 0 radical (unpaired) electrons. The van der Waals surface area contributed by atoms with Gasteiger partial charge in [-0.25, -0.2) is 10.9 Å². The fourth-order valence-electron chi connectivity index (χ4n) is 3.54. The molecule has 1 aliphatic heterocycles. The fraction of sp³-hybridized carbons (Fsp3) is 0.826. The Morgan fingerprint density at radius 3 is 1.17 bits per heavy atom. The van der Waals surface area contributed by atoms with Crippen LogP contribution < -0.4 is 0 Å². The Hall–Kier alpha value is -0.170. The maximum atomic E-state index is 2.40. The highest BCUT2D eigenvalue weighted by atomic mass is 32.2. The van der Waals surface area contributed by atoms with Crippen LogP contribution in [0.4, 0.5) is 0 Å².